The summed E-state index contributed by atoms with van der Waals surface area (Å²) in [7, 11) is 1.64. The van der Waals surface area contributed by atoms with Gasteiger partial charge >= 0.3 is 0 Å². The second-order valence-corrected chi connectivity index (χ2v) is 4.26. The molecule has 1 aromatic heterocycles. The number of nitrogens with two attached hydrogens (primary N) is 1. The second kappa shape index (κ2) is 4.90. The Labute approximate surface area is 98.9 Å². The third-order valence-electron chi connectivity index (χ3n) is 2.24. The Hall–Kier alpha value is -1.68. The minimum absolute atomic E-state index is 0.701. The first-order valence-corrected chi connectivity index (χ1v) is 5.92. The number of thiophene rings is 1. The van der Waals surface area contributed by atoms with Crippen molar-refractivity contribution in [1.29, 1.82) is 0 Å². The molecule has 2 aromatic rings. The van der Waals surface area contributed by atoms with Gasteiger partial charge in [0.05, 0.1) is 7.11 Å². The summed E-state index contributed by atoms with van der Waals surface area (Å²) in [6.45, 7) is 0.802. The molecule has 0 radical (unpaired) electrons. The lowest BCUT2D eigenvalue weighted by Crippen LogP contribution is -1.99. The summed E-state index contributed by atoms with van der Waals surface area (Å²) in [6, 6.07) is 7.73. The van der Waals surface area contributed by atoms with Crippen molar-refractivity contribution in [1.82, 2.24) is 0 Å². The van der Waals surface area contributed by atoms with Crippen LogP contribution in [-0.2, 0) is 6.54 Å². The van der Waals surface area contributed by atoms with E-state index in [0.29, 0.717) is 5.69 Å². The molecule has 3 N–H and O–H groups in total. The highest BCUT2D eigenvalue weighted by molar-refractivity contribution is 7.07. The van der Waals surface area contributed by atoms with E-state index in [1.807, 2.05) is 12.1 Å². The molecule has 0 saturated carbocycles. The monoisotopic (exact) mass is 234 g/mol. The first-order chi connectivity index (χ1) is 7.78. The van der Waals surface area contributed by atoms with Crippen molar-refractivity contribution in [2.24, 2.45) is 0 Å². The minimum atomic E-state index is 0.701. The molecule has 0 amide bonds. The summed E-state index contributed by atoms with van der Waals surface area (Å²) in [5, 5.41) is 7.50. The number of nitrogens with one attached hydrogen (secondary N) is 1. The molecule has 0 fully saturated rings. The van der Waals surface area contributed by atoms with Gasteiger partial charge in [0.2, 0.25) is 0 Å². The van der Waals surface area contributed by atoms with Crippen molar-refractivity contribution in [2.45, 2.75) is 6.54 Å². The minimum Gasteiger partial charge on any atom is -0.497 e. The van der Waals surface area contributed by atoms with Crippen LogP contribution in [0.4, 0.5) is 11.4 Å². The molecule has 0 aliphatic heterocycles. The normalized spacial score (nSPS) is 10.1. The van der Waals surface area contributed by atoms with Crippen molar-refractivity contribution in [3.8, 4) is 5.75 Å². The number of rotatable bonds is 4. The van der Waals surface area contributed by atoms with Gasteiger partial charge < -0.3 is 15.8 Å². The summed E-state index contributed by atoms with van der Waals surface area (Å²) >= 11 is 1.70. The standard InChI is InChI=1S/C12H14N2OS/c1-15-12-5-10(13)4-11(6-12)14-7-9-2-3-16-8-9/h2-6,8,14H,7,13H2,1H3. The Morgan fingerprint density at radius 2 is 2.25 bits per heavy atom. The number of benzene rings is 1. The van der Waals surface area contributed by atoms with Crippen LogP contribution in [0.25, 0.3) is 0 Å². The summed E-state index contributed by atoms with van der Waals surface area (Å²) in [5.74, 6) is 0.771. The van der Waals surface area contributed by atoms with Crippen LogP contribution < -0.4 is 15.8 Å². The van der Waals surface area contributed by atoms with Crippen LogP contribution in [0.2, 0.25) is 0 Å². The molecule has 0 aliphatic carbocycles. The van der Waals surface area contributed by atoms with Gasteiger partial charge in [-0.2, -0.15) is 11.3 Å². The molecule has 0 spiro atoms. The Bertz CT molecular complexity index is 454. The number of ether oxygens (including phenoxy) is 1. The van der Waals surface area contributed by atoms with Crippen LogP contribution >= 0.6 is 11.3 Å². The predicted octanol–water partition coefficient (Wildman–Crippen LogP) is 2.95. The summed E-state index contributed by atoms with van der Waals surface area (Å²) in [4.78, 5) is 0. The van der Waals surface area contributed by atoms with Crippen LogP contribution in [0.15, 0.2) is 35.0 Å². The Balaban J connectivity index is 2.06. The zero-order chi connectivity index (χ0) is 11.4. The van der Waals surface area contributed by atoms with Gasteiger partial charge in [0.15, 0.2) is 0 Å². The quantitative estimate of drug-likeness (QED) is 0.800. The fourth-order valence-corrected chi connectivity index (χ4v) is 2.11. The molecule has 1 aromatic carbocycles. The molecule has 3 nitrogen and oxygen atoms in total. The number of hydrogen-bond acceptors (Lipinski definition) is 4. The zero-order valence-electron chi connectivity index (χ0n) is 9.07. The predicted molar refractivity (Wildman–Crippen MR) is 69.1 cm³/mol. The Kier molecular flexibility index (Phi) is 3.31. The van der Waals surface area contributed by atoms with Gasteiger partial charge in [-0.25, -0.2) is 0 Å². The third-order valence-corrected chi connectivity index (χ3v) is 2.97. The van der Waals surface area contributed by atoms with Crippen LogP contribution in [-0.4, -0.2) is 7.11 Å². The second-order valence-electron chi connectivity index (χ2n) is 3.48. The van der Waals surface area contributed by atoms with E-state index in [4.69, 9.17) is 10.5 Å². The van der Waals surface area contributed by atoms with Gasteiger partial charge in [-0.15, -0.1) is 0 Å². The number of nitrogen functional groups attached to an aromatic ring is 1. The zero-order valence-corrected chi connectivity index (χ0v) is 9.88. The fourth-order valence-electron chi connectivity index (χ4n) is 1.44. The molecular weight excluding hydrogens is 220 g/mol. The fraction of sp³-hybridized carbons (Fsp3) is 0.167. The van der Waals surface area contributed by atoms with Crippen molar-refractivity contribution < 1.29 is 4.74 Å². The topological polar surface area (TPSA) is 47.3 Å². The number of methoxy groups -OCH3 is 1. The molecule has 1 heterocycles. The van der Waals surface area contributed by atoms with Crippen LogP contribution in [0.5, 0.6) is 5.75 Å². The molecule has 0 aliphatic rings. The lowest BCUT2D eigenvalue weighted by Gasteiger charge is -2.08. The maximum atomic E-state index is 5.77. The average molecular weight is 234 g/mol. The van der Waals surface area contributed by atoms with Gasteiger partial charge in [0.25, 0.3) is 0 Å². The highest BCUT2D eigenvalue weighted by Gasteiger charge is 1.99. The van der Waals surface area contributed by atoms with Crippen LogP contribution in [0.1, 0.15) is 5.56 Å². The van der Waals surface area contributed by atoms with Crippen molar-refractivity contribution in [3.63, 3.8) is 0 Å². The smallest absolute Gasteiger partial charge is 0.122 e. The molecular formula is C12H14N2OS. The first kappa shape index (κ1) is 10.8. The van der Waals surface area contributed by atoms with E-state index in [1.54, 1.807) is 24.5 Å². The summed E-state index contributed by atoms with van der Waals surface area (Å²) in [6.07, 6.45) is 0. The SMILES string of the molecule is COc1cc(N)cc(NCc2ccsc2)c1. The van der Waals surface area contributed by atoms with E-state index in [9.17, 15) is 0 Å². The molecule has 4 heteroatoms. The molecule has 0 unspecified atom stereocenters. The van der Waals surface area contributed by atoms with Gasteiger partial charge in [0.1, 0.15) is 5.75 Å². The first-order valence-electron chi connectivity index (χ1n) is 4.97. The van der Waals surface area contributed by atoms with E-state index >= 15 is 0 Å². The molecule has 2 rings (SSSR count). The average Bonchev–Trinajstić information content (AvgIpc) is 2.78. The highest BCUT2D eigenvalue weighted by Crippen LogP contribution is 2.22. The number of anilines is 2. The molecule has 84 valence electrons. The number of hydrogen-bond donors (Lipinski definition) is 2. The lowest BCUT2D eigenvalue weighted by atomic mass is 10.2. The maximum Gasteiger partial charge on any atom is 0.122 e. The van der Waals surface area contributed by atoms with E-state index in [0.717, 1.165) is 18.0 Å². The van der Waals surface area contributed by atoms with E-state index in [-0.39, 0.29) is 0 Å². The van der Waals surface area contributed by atoms with Crippen LogP contribution in [0, 0.1) is 0 Å². The maximum absolute atomic E-state index is 5.77. The largest absolute Gasteiger partial charge is 0.497 e. The third kappa shape index (κ3) is 2.67. The molecule has 0 atom stereocenters. The summed E-state index contributed by atoms with van der Waals surface area (Å²) in [5.41, 5.74) is 8.71. The Morgan fingerprint density at radius 1 is 1.38 bits per heavy atom. The van der Waals surface area contributed by atoms with Crippen LogP contribution in [0.3, 0.4) is 0 Å². The highest BCUT2D eigenvalue weighted by atomic mass is 32.1. The molecule has 16 heavy (non-hydrogen) atoms. The van der Waals surface area contributed by atoms with E-state index < -0.39 is 0 Å². The van der Waals surface area contributed by atoms with Gasteiger partial charge in [0, 0.05) is 30.1 Å². The van der Waals surface area contributed by atoms with Gasteiger partial charge in [-0.3, -0.25) is 0 Å². The Morgan fingerprint density at radius 3 is 2.94 bits per heavy atom. The van der Waals surface area contributed by atoms with Crippen molar-refractivity contribution in [3.05, 3.63) is 40.6 Å². The molecule has 0 bridgehead atoms. The molecule has 0 saturated heterocycles. The van der Waals surface area contributed by atoms with Gasteiger partial charge in [-0.05, 0) is 28.5 Å². The van der Waals surface area contributed by atoms with E-state index in [2.05, 4.69) is 22.1 Å². The van der Waals surface area contributed by atoms with Gasteiger partial charge in [-0.1, -0.05) is 0 Å². The van der Waals surface area contributed by atoms with Crippen molar-refractivity contribution >= 4 is 22.7 Å². The van der Waals surface area contributed by atoms with E-state index in [1.165, 1.54) is 5.56 Å². The van der Waals surface area contributed by atoms with Crippen molar-refractivity contribution in [2.75, 3.05) is 18.2 Å². The summed E-state index contributed by atoms with van der Waals surface area (Å²) < 4.78 is 5.15. The lowest BCUT2D eigenvalue weighted by molar-refractivity contribution is 0.415.